The molecule has 0 spiro atoms. The summed E-state index contributed by atoms with van der Waals surface area (Å²) in [4.78, 5) is 50.8. The molecule has 1 aromatic rings. The fourth-order valence-corrected chi connectivity index (χ4v) is 4.70. The molecule has 0 aliphatic carbocycles. The molecule has 0 radical (unpaired) electrons. The largest absolute Gasteiger partial charge is 0.480 e. The van der Waals surface area contributed by atoms with E-state index >= 15 is 0 Å². The van der Waals surface area contributed by atoms with Gasteiger partial charge in [0.2, 0.25) is 11.8 Å². The Labute approximate surface area is 207 Å². The molecule has 2 amide bonds. The Kier molecular flexibility index (Phi) is 10.2. The molecule has 9 nitrogen and oxygen atoms in total. The second-order valence-corrected chi connectivity index (χ2v) is 9.86. The van der Waals surface area contributed by atoms with E-state index in [4.69, 9.17) is 4.74 Å². The van der Waals surface area contributed by atoms with Crippen LogP contribution < -0.4 is 15.4 Å². The van der Waals surface area contributed by atoms with E-state index in [1.165, 1.54) is 6.92 Å². The van der Waals surface area contributed by atoms with Crippen LogP contribution in [0.2, 0.25) is 0 Å². The Morgan fingerprint density at radius 1 is 1.17 bits per heavy atom. The monoisotopic (exact) mass is 489 g/mol. The van der Waals surface area contributed by atoms with Gasteiger partial charge in [0.1, 0.15) is 17.8 Å². The minimum Gasteiger partial charge on any atom is -0.480 e. The maximum atomic E-state index is 12.7. The number of carbonyl (C=O) groups is 4. The lowest BCUT2D eigenvalue weighted by Gasteiger charge is -2.35. The number of esters is 1. The first-order chi connectivity index (χ1) is 16.5. The molecule has 1 fully saturated rings. The average Bonchev–Trinajstić information content (AvgIpc) is 2.98. The average molecular weight is 490 g/mol. The zero-order valence-electron chi connectivity index (χ0n) is 21.4. The summed E-state index contributed by atoms with van der Waals surface area (Å²) in [6.45, 7) is 8.69. The standard InChI is InChI=1S/C26H39N3O6/c1-6-26(12-7-8-13-29(5)16-26)19-10-9-11-20(14-19)35-22(31)15-21(27-18(4)30)24(32)28-23(17(2)3)25(33)34/h9-11,14,17,21,23H,6-8,12-13,15-16H2,1-5H3,(H,27,30)(H,28,32)(H,33,34)/t21?,23-,26?/m0/s1. The minimum atomic E-state index is -1.25. The summed E-state index contributed by atoms with van der Waals surface area (Å²) < 4.78 is 5.56. The summed E-state index contributed by atoms with van der Waals surface area (Å²) in [5, 5.41) is 14.2. The van der Waals surface area contributed by atoms with Gasteiger partial charge >= 0.3 is 11.9 Å². The van der Waals surface area contributed by atoms with E-state index < -0.39 is 42.3 Å². The molecule has 1 heterocycles. The number of likely N-dealkylation sites (N-methyl/N-ethyl adjacent to an activating group) is 1. The molecule has 1 aliphatic heterocycles. The number of carboxylic acid groups (broad SMARTS) is 1. The Morgan fingerprint density at radius 2 is 1.89 bits per heavy atom. The lowest BCUT2D eigenvalue weighted by molar-refractivity contribution is -0.144. The molecular formula is C26H39N3O6. The van der Waals surface area contributed by atoms with Crippen LogP contribution in [0.3, 0.4) is 0 Å². The van der Waals surface area contributed by atoms with Crippen LogP contribution in [0.4, 0.5) is 0 Å². The molecule has 1 saturated heterocycles. The van der Waals surface area contributed by atoms with Crippen molar-refractivity contribution in [1.29, 1.82) is 0 Å². The molecule has 35 heavy (non-hydrogen) atoms. The van der Waals surface area contributed by atoms with E-state index in [1.807, 2.05) is 12.1 Å². The topological polar surface area (TPSA) is 125 Å². The highest BCUT2D eigenvalue weighted by Gasteiger charge is 2.34. The molecule has 1 aliphatic rings. The second kappa shape index (κ2) is 12.7. The van der Waals surface area contributed by atoms with Crippen molar-refractivity contribution < 1.29 is 29.0 Å². The molecule has 9 heteroatoms. The lowest BCUT2D eigenvalue weighted by Crippen LogP contribution is -2.53. The van der Waals surface area contributed by atoms with Crippen LogP contribution >= 0.6 is 0 Å². The van der Waals surface area contributed by atoms with Crippen LogP contribution in [0, 0.1) is 5.92 Å². The van der Waals surface area contributed by atoms with Gasteiger partial charge in [-0.05, 0) is 56.5 Å². The molecular weight excluding hydrogens is 450 g/mol. The zero-order valence-corrected chi connectivity index (χ0v) is 21.4. The molecule has 2 unspecified atom stereocenters. The molecule has 2 rings (SSSR count). The number of hydrogen-bond donors (Lipinski definition) is 3. The van der Waals surface area contributed by atoms with Gasteiger partial charge in [-0.1, -0.05) is 39.3 Å². The van der Waals surface area contributed by atoms with Crippen LogP contribution in [-0.4, -0.2) is 66.0 Å². The van der Waals surface area contributed by atoms with Crippen LogP contribution in [0.25, 0.3) is 0 Å². The predicted molar refractivity (Wildman–Crippen MR) is 132 cm³/mol. The summed E-state index contributed by atoms with van der Waals surface area (Å²) in [6, 6.07) is 5.10. The number of benzene rings is 1. The normalized spacial score (nSPS) is 20.4. The number of nitrogens with one attached hydrogen (secondary N) is 2. The summed E-state index contributed by atoms with van der Waals surface area (Å²) in [6.07, 6.45) is 3.86. The van der Waals surface area contributed by atoms with Crippen molar-refractivity contribution in [3.05, 3.63) is 29.8 Å². The molecule has 0 saturated carbocycles. The summed E-state index contributed by atoms with van der Waals surface area (Å²) >= 11 is 0. The quantitative estimate of drug-likeness (QED) is 0.341. The van der Waals surface area contributed by atoms with Crippen molar-refractivity contribution in [2.45, 2.75) is 77.3 Å². The Balaban J connectivity index is 2.16. The highest BCUT2D eigenvalue weighted by atomic mass is 16.5. The highest BCUT2D eigenvalue weighted by Crippen LogP contribution is 2.37. The predicted octanol–water partition coefficient (Wildman–Crippen LogP) is 2.48. The van der Waals surface area contributed by atoms with Crippen molar-refractivity contribution in [3.63, 3.8) is 0 Å². The fraction of sp³-hybridized carbons (Fsp3) is 0.615. The summed E-state index contributed by atoms with van der Waals surface area (Å²) in [5.74, 6) is -3.16. The number of ether oxygens (including phenoxy) is 1. The Morgan fingerprint density at radius 3 is 2.49 bits per heavy atom. The first kappa shape index (κ1) is 28.3. The number of aliphatic carboxylic acids is 1. The van der Waals surface area contributed by atoms with Gasteiger partial charge in [0, 0.05) is 18.9 Å². The Hall–Kier alpha value is -2.94. The first-order valence-corrected chi connectivity index (χ1v) is 12.3. The van der Waals surface area contributed by atoms with Gasteiger partial charge in [-0.3, -0.25) is 14.4 Å². The van der Waals surface area contributed by atoms with Crippen LogP contribution in [0.1, 0.15) is 65.4 Å². The molecule has 0 aromatic heterocycles. The van der Waals surface area contributed by atoms with Gasteiger partial charge in [0.25, 0.3) is 0 Å². The maximum Gasteiger partial charge on any atom is 0.326 e. The van der Waals surface area contributed by atoms with Gasteiger partial charge in [-0.15, -0.1) is 0 Å². The summed E-state index contributed by atoms with van der Waals surface area (Å²) in [7, 11) is 2.13. The van der Waals surface area contributed by atoms with Crippen LogP contribution in [0.15, 0.2) is 24.3 Å². The number of likely N-dealkylation sites (tertiary alicyclic amines) is 1. The molecule has 3 N–H and O–H groups in total. The smallest absolute Gasteiger partial charge is 0.326 e. The fourth-order valence-electron chi connectivity index (χ4n) is 4.70. The third kappa shape index (κ3) is 8.06. The van der Waals surface area contributed by atoms with E-state index in [1.54, 1.807) is 19.9 Å². The van der Waals surface area contributed by atoms with Gasteiger partial charge in [0.15, 0.2) is 0 Å². The third-order valence-corrected chi connectivity index (χ3v) is 6.67. The number of amides is 2. The highest BCUT2D eigenvalue weighted by molar-refractivity contribution is 5.93. The number of hydrogen-bond acceptors (Lipinski definition) is 6. The number of carbonyl (C=O) groups excluding carboxylic acids is 3. The van der Waals surface area contributed by atoms with Gasteiger partial charge in [-0.25, -0.2) is 4.79 Å². The van der Waals surface area contributed by atoms with Gasteiger partial charge in [-0.2, -0.15) is 0 Å². The minimum absolute atomic E-state index is 0.0328. The number of rotatable bonds is 10. The van der Waals surface area contributed by atoms with Crippen LogP contribution in [0.5, 0.6) is 5.75 Å². The zero-order chi connectivity index (χ0) is 26.2. The van der Waals surface area contributed by atoms with Gasteiger partial charge < -0.3 is 25.4 Å². The van der Waals surface area contributed by atoms with Crippen LogP contribution in [-0.2, 0) is 24.6 Å². The molecule has 1 aromatic carbocycles. The van der Waals surface area contributed by atoms with Gasteiger partial charge in [0.05, 0.1) is 6.42 Å². The molecule has 0 bridgehead atoms. The van der Waals surface area contributed by atoms with E-state index in [-0.39, 0.29) is 11.3 Å². The van der Waals surface area contributed by atoms with Crippen molar-refractivity contribution >= 4 is 23.8 Å². The second-order valence-electron chi connectivity index (χ2n) is 9.86. The third-order valence-electron chi connectivity index (χ3n) is 6.67. The van der Waals surface area contributed by atoms with E-state index in [0.717, 1.165) is 44.3 Å². The van der Waals surface area contributed by atoms with Crippen molar-refractivity contribution in [2.24, 2.45) is 5.92 Å². The molecule has 3 atom stereocenters. The first-order valence-electron chi connectivity index (χ1n) is 12.3. The number of carboxylic acids is 1. The summed E-state index contributed by atoms with van der Waals surface area (Å²) in [5.41, 5.74) is 1.08. The lowest BCUT2D eigenvalue weighted by atomic mass is 9.74. The Bertz CT molecular complexity index is 918. The van der Waals surface area contributed by atoms with Crippen molar-refractivity contribution in [2.75, 3.05) is 20.1 Å². The van der Waals surface area contributed by atoms with E-state index in [9.17, 15) is 24.3 Å². The molecule has 194 valence electrons. The van der Waals surface area contributed by atoms with E-state index in [2.05, 4.69) is 35.6 Å². The van der Waals surface area contributed by atoms with Crippen molar-refractivity contribution in [1.82, 2.24) is 15.5 Å². The maximum absolute atomic E-state index is 12.7. The number of nitrogens with zero attached hydrogens (tertiary/aromatic N) is 1. The van der Waals surface area contributed by atoms with E-state index in [0.29, 0.717) is 5.75 Å². The van der Waals surface area contributed by atoms with Crippen molar-refractivity contribution in [3.8, 4) is 5.75 Å². The SMILES string of the molecule is CCC1(c2cccc(OC(=O)CC(NC(C)=O)C(=O)N[C@H](C(=O)O)C(C)C)c2)CCCCN(C)C1.